The van der Waals surface area contributed by atoms with Crippen LogP contribution in [0.5, 0.6) is 0 Å². The molecule has 1 amide bonds. The Morgan fingerprint density at radius 2 is 2.14 bits per heavy atom. The number of alkyl halides is 2. The van der Waals surface area contributed by atoms with Gasteiger partial charge in [-0.05, 0) is 62.9 Å². The van der Waals surface area contributed by atoms with Crippen molar-refractivity contribution in [2.45, 2.75) is 57.9 Å². The quantitative estimate of drug-likeness (QED) is 0.317. The molecule has 0 spiro atoms. The first kappa shape index (κ1) is 24.8. The number of hydrogen-bond donors (Lipinski definition) is 2. The molecule has 3 aromatic rings. The van der Waals surface area contributed by atoms with Crippen LogP contribution in [0.15, 0.2) is 23.8 Å². The zero-order valence-electron chi connectivity index (χ0n) is 20.5. The molecule has 2 aliphatic heterocycles. The highest BCUT2D eigenvalue weighted by atomic mass is 32.1. The van der Waals surface area contributed by atoms with E-state index in [0.717, 1.165) is 91.4 Å². The lowest BCUT2D eigenvalue weighted by Crippen LogP contribution is -2.31. The van der Waals surface area contributed by atoms with Crippen molar-refractivity contribution in [2.24, 2.45) is 0 Å². The number of benzene rings is 1. The van der Waals surface area contributed by atoms with Gasteiger partial charge in [0.15, 0.2) is 5.82 Å². The molecule has 0 aliphatic carbocycles. The van der Waals surface area contributed by atoms with Gasteiger partial charge in [0, 0.05) is 53.8 Å². The molecule has 10 heteroatoms. The van der Waals surface area contributed by atoms with Crippen LogP contribution in [-0.4, -0.2) is 47.4 Å². The molecule has 2 aromatic heterocycles. The van der Waals surface area contributed by atoms with Gasteiger partial charge < -0.3 is 15.5 Å². The Kier molecular flexibility index (Phi) is 7.62. The van der Waals surface area contributed by atoms with Crippen molar-refractivity contribution in [3.63, 3.8) is 0 Å². The third kappa shape index (κ3) is 4.76. The van der Waals surface area contributed by atoms with Crippen molar-refractivity contribution < 1.29 is 13.6 Å². The fraction of sp³-hybridized carbons (Fsp3) is 0.500. The molecule has 2 N–H and O–H groups in total. The lowest BCUT2D eigenvalue weighted by atomic mass is 9.94. The molecule has 1 saturated heterocycles. The SMILES string of the molecule is CCc1c(N2CCCc3cc(-c4cncs4)c(C(F)F)cc32)nn(C2CCNCC2)c1CCNC=O. The number of aryl methyl sites for hydroxylation is 1. The van der Waals surface area contributed by atoms with E-state index in [-0.39, 0.29) is 11.6 Å². The predicted octanol–water partition coefficient (Wildman–Crippen LogP) is 4.80. The number of hydrogen-bond acceptors (Lipinski definition) is 6. The Morgan fingerprint density at radius 1 is 1.31 bits per heavy atom. The zero-order valence-corrected chi connectivity index (χ0v) is 21.3. The molecule has 0 unspecified atom stereocenters. The second-order valence-electron chi connectivity index (χ2n) is 9.34. The Bertz CT molecular complexity index is 1190. The number of nitrogens with one attached hydrogen (secondary N) is 2. The monoisotopic (exact) mass is 514 g/mol. The normalized spacial score (nSPS) is 16.4. The number of anilines is 2. The van der Waals surface area contributed by atoms with Crippen LogP contribution in [0.4, 0.5) is 20.3 Å². The number of rotatable bonds is 9. The smallest absolute Gasteiger partial charge is 0.264 e. The van der Waals surface area contributed by atoms with Crippen molar-refractivity contribution >= 4 is 29.3 Å². The van der Waals surface area contributed by atoms with E-state index in [2.05, 4.69) is 32.1 Å². The minimum atomic E-state index is -2.58. The molecular weight excluding hydrogens is 482 g/mol. The van der Waals surface area contributed by atoms with E-state index in [1.54, 1.807) is 17.8 Å². The largest absolute Gasteiger partial charge is 0.358 e. The van der Waals surface area contributed by atoms with E-state index in [1.807, 2.05) is 6.07 Å². The highest BCUT2D eigenvalue weighted by Crippen LogP contribution is 2.43. The minimum absolute atomic E-state index is 0.0381. The molecule has 7 nitrogen and oxygen atoms in total. The number of piperidine rings is 1. The third-order valence-electron chi connectivity index (χ3n) is 7.25. The number of amides is 1. The van der Waals surface area contributed by atoms with Crippen molar-refractivity contribution in [1.29, 1.82) is 0 Å². The number of carbonyl (C=O) groups is 1. The molecule has 4 heterocycles. The van der Waals surface area contributed by atoms with E-state index >= 15 is 0 Å². The van der Waals surface area contributed by atoms with Crippen LogP contribution in [0.2, 0.25) is 0 Å². The molecule has 5 rings (SSSR count). The number of fused-ring (bicyclic) bond motifs is 1. The summed E-state index contributed by atoms with van der Waals surface area (Å²) in [5, 5.41) is 11.4. The van der Waals surface area contributed by atoms with Crippen LogP contribution in [0, 0.1) is 0 Å². The van der Waals surface area contributed by atoms with E-state index in [4.69, 9.17) is 5.10 Å². The van der Waals surface area contributed by atoms with E-state index in [1.165, 1.54) is 11.3 Å². The molecule has 0 bridgehead atoms. The zero-order chi connectivity index (χ0) is 25.1. The molecule has 36 heavy (non-hydrogen) atoms. The standard InChI is InChI=1S/C26H32F2N6OS/c1-2-19-22(7-10-30-15-35)34(18-5-8-29-9-6-18)32-26(19)33-11-3-4-17-12-20(24-14-31-16-36-24)21(25(27)28)13-23(17)33/h12-16,18,25,29H,2-11H2,1H3,(H,30,35). The number of nitrogens with zero attached hydrogens (tertiary/aromatic N) is 4. The van der Waals surface area contributed by atoms with E-state index < -0.39 is 6.43 Å². The van der Waals surface area contributed by atoms with Gasteiger partial charge in [-0.1, -0.05) is 6.92 Å². The summed E-state index contributed by atoms with van der Waals surface area (Å²) in [7, 11) is 0. The number of aromatic nitrogens is 3. The lowest BCUT2D eigenvalue weighted by Gasteiger charge is -2.32. The molecule has 2 aliphatic rings. The van der Waals surface area contributed by atoms with Gasteiger partial charge in [-0.25, -0.2) is 8.78 Å². The van der Waals surface area contributed by atoms with Gasteiger partial charge in [-0.2, -0.15) is 5.10 Å². The summed E-state index contributed by atoms with van der Waals surface area (Å²) in [6.07, 6.45) is 5.02. The lowest BCUT2D eigenvalue weighted by molar-refractivity contribution is -0.109. The summed E-state index contributed by atoms with van der Waals surface area (Å²) in [6, 6.07) is 3.89. The first-order valence-corrected chi connectivity index (χ1v) is 13.6. The molecule has 0 radical (unpaired) electrons. The van der Waals surface area contributed by atoms with Crippen LogP contribution in [0.25, 0.3) is 10.4 Å². The maximum absolute atomic E-state index is 14.3. The van der Waals surface area contributed by atoms with Gasteiger partial charge in [-0.3, -0.25) is 14.5 Å². The van der Waals surface area contributed by atoms with Gasteiger partial charge in [0.25, 0.3) is 6.43 Å². The van der Waals surface area contributed by atoms with Crippen LogP contribution in [0.3, 0.4) is 0 Å². The fourth-order valence-electron chi connectivity index (χ4n) is 5.55. The summed E-state index contributed by atoms with van der Waals surface area (Å²) in [5.41, 5.74) is 6.46. The summed E-state index contributed by atoms with van der Waals surface area (Å²) >= 11 is 1.38. The maximum Gasteiger partial charge on any atom is 0.264 e. The van der Waals surface area contributed by atoms with Gasteiger partial charge in [0.05, 0.1) is 16.4 Å². The summed E-state index contributed by atoms with van der Waals surface area (Å²) < 4.78 is 30.7. The Balaban J connectivity index is 1.61. The summed E-state index contributed by atoms with van der Waals surface area (Å²) in [6.45, 7) is 5.27. The van der Waals surface area contributed by atoms with Crippen LogP contribution in [-0.2, 0) is 24.1 Å². The molecule has 0 atom stereocenters. The molecule has 1 fully saturated rings. The van der Waals surface area contributed by atoms with Crippen LogP contribution < -0.4 is 15.5 Å². The predicted molar refractivity (Wildman–Crippen MR) is 138 cm³/mol. The Hall–Kier alpha value is -2.85. The topological polar surface area (TPSA) is 75.1 Å². The average Bonchev–Trinajstić information content (AvgIpc) is 3.56. The van der Waals surface area contributed by atoms with Crippen LogP contribution >= 0.6 is 11.3 Å². The molecular formula is C26H32F2N6OS. The van der Waals surface area contributed by atoms with Crippen LogP contribution in [0.1, 0.15) is 61.0 Å². The van der Waals surface area contributed by atoms with Crippen molar-refractivity contribution in [3.05, 3.63) is 46.2 Å². The van der Waals surface area contributed by atoms with E-state index in [9.17, 15) is 13.6 Å². The number of halogens is 2. The Labute approximate surface area is 213 Å². The third-order valence-corrected chi connectivity index (χ3v) is 8.06. The van der Waals surface area contributed by atoms with Gasteiger partial charge in [-0.15, -0.1) is 11.3 Å². The van der Waals surface area contributed by atoms with Gasteiger partial charge >= 0.3 is 0 Å². The van der Waals surface area contributed by atoms with Crippen molar-refractivity contribution in [1.82, 2.24) is 25.4 Å². The highest BCUT2D eigenvalue weighted by molar-refractivity contribution is 7.13. The summed E-state index contributed by atoms with van der Waals surface area (Å²) in [4.78, 5) is 17.9. The molecule has 192 valence electrons. The first-order valence-electron chi connectivity index (χ1n) is 12.7. The minimum Gasteiger partial charge on any atom is -0.358 e. The molecule has 1 aromatic carbocycles. The number of carbonyl (C=O) groups excluding carboxylic acids is 1. The van der Waals surface area contributed by atoms with Crippen molar-refractivity contribution in [2.75, 3.05) is 31.1 Å². The average molecular weight is 515 g/mol. The summed E-state index contributed by atoms with van der Waals surface area (Å²) in [5.74, 6) is 0.865. The fourth-order valence-corrected chi connectivity index (χ4v) is 6.21. The highest BCUT2D eigenvalue weighted by Gasteiger charge is 2.30. The second kappa shape index (κ2) is 11.0. The number of thiazole rings is 1. The van der Waals surface area contributed by atoms with Crippen molar-refractivity contribution in [3.8, 4) is 10.4 Å². The first-order chi connectivity index (χ1) is 17.6. The maximum atomic E-state index is 14.3. The van der Waals surface area contributed by atoms with Gasteiger partial charge in [0.2, 0.25) is 6.41 Å². The second-order valence-corrected chi connectivity index (χ2v) is 10.2. The van der Waals surface area contributed by atoms with E-state index in [0.29, 0.717) is 18.5 Å². The van der Waals surface area contributed by atoms with Gasteiger partial charge in [0.1, 0.15) is 0 Å². The molecule has 0 saturated carbocycles. The Morgan fingerprint density at radius 3 is 2.83 bits per heavy atom.